The molecule has 0 bridgehead atoms. The van der Waals surface area contributed by atoms with E-state index < -0.39 is 0 Å². The van der Waals surface area contributed by atoms with Gasteiger partial charge in [0.2, 0.25) is 4.96 Å². The minimum Gasteiger partial charge on any atom is -0.496 e. The van der Waals surface area contributed by atoms with Crippen LogP contribution in [0.15, 0.2) is 53.3 Å². The van der Waals surface area contributed by atoms with E-state index in [0.29, 0.717) is 27.7 Å². The zero-order valence-electron chi connectivity index (χ0n) is 15.6. The lowest BCUT2D eigenvalue weighted by Crippen LogP contribution is -2.23. The number of hydrogen-bond donors (Lipinski definition) is 0. The number of ether oxygens (including phenoxy) is 2. The molecule has 28 heavy (non-hydrogen) atoms. The third-order valence-electron chi connectivity index (χ3n) is 4.18. The molecule has 0 N–H and O–H groups in total. The lowest BCUT2D eigenvalue weighted by atomic mass is 10.2. The minimum atomic E-state index is -0.181. The smallest absolute Gasteiger partial charge is 0.291 e. The Balaban J connectivity index is 1.68. The van der Waals surface area contributed by atoms with Crippen molar-refractivity contribution in [2.45, 2.75) is 13.3 Å². The number of para-hydroxylation sites is 1. The molecular weight excluding hydrogens is 374 g/mol. The number of methoxy groups -OCH3 is 1. The Kier molecular flexibility index (Phi) is 5.08. The summed E-state index contributed by atoms with van der Waals surface area (Å²) in [6, 6.07) is 15.2. The highest BCUT2D eigenvalue weighted by molar-refractivity contribution is 7.15. The van der Waals surface area contributed by atoms with Crippen LogP contribution in [0.4, 0.5) is 0 Å². The average molecular weight is 393 g/mol. The Morgan fingerprint density at radius 3 is 2.64 bits per heavy atom. The molecule has 7 heteroatoms. The third kappa shape index (κ3) is 3.48. The summed E-state index contributed by atoms with van der Waals surface area (Å²) in [6.07, 6.45) is 2.81. The van der Waals surface area contributed by atoms with Gasteiger partial charge in [0.15, 0.2) is 5.82 Å². The van der Waals surface area contributed by atoms with Crippen LogP contribution in [0.5, 0.6) is 11.5 Å². The molecule has 0 spiro atoms. The molecule has 0 aliphatic rings. The molecule has 0 radical (unpaired) electrons. The maximum Gasteiger partial charge on any atom is 0.291 e. The zero-order valence-corrected chi connectivity index (χ0v) is 16.4. The molecule has 0 fully saturated rings. The van der Waals surface area contributed by atoms with Crippen molar-refractivity contribution in [3.63, 3.8) is 0 Å². The van der Waals surface area contributed by atoms with Gasteiger partial charge in [0.25, 0.3) is 5.56 Å². The van der Waals surface area contributed by atoms with E-state index in [1.165, 1.54) is 15.9 Å². The Labute approximate surface area is 165 Å². The third-order valence-corrected chi connectivity index (χ3v) is 5.14. The van der Waals surface area contributed by atoms with Crippen LogP contribution in [-0.2, 0) is 0 Å². The Bertz CT molecular complexity index is 1210. The molecule has 6 nitrogen and oxygen atoms in total. The Morgan fingerprint density at radius 2 is 1.93 bits per heavy atom. The highest BCUT2D eigenvalue weighted by Crippen LogP contribution is 2.27. The fraction of sp³-hybridized carbons (Fsp3) is 0.190. The van der Waals surface area contributed by atoms with E-state index in [0.717, 1.165) is 23.3 Å². The topological polar surface area (TPSA) is 65.7 Å². The largest absolute Gasteiger partial charge is 0.496 e. The average Bonchev–Trinajstić information content (AvgIpc) is 3.27. The standard InChI is InChI=1S/C21H19N3O3S/c1-3-12-27-15-10-8-14(9-11-15)13-18-20(25)24-21(28-18)22-19(23-24)16-6-4-5-7-17(16)26-2/h4-11,13H,3,12H2,1-2H3/b18-13+. The van der Waals surface area contributed by atoms with Crippen molar-refractivity contribution in [1.82, 2.24) is 14.6 Å². The Hall–Kier alpha value is -3.19. The van der Waals surface area contributed by atoms with E-state index in [2.05, 4.69) is 17.0 Å². The van der Waals surface area contributed by atoms with E-state index >= 15 is 0 Å². The van der Waals surface area contributed by atoms with Crippen molar-refractivity contribution in [3.8, 4) is 22.9 Å². The second-order valence-electron chi connectivity index (χ2n) is 6.16. The monoisotopic (exact) mass is 393 g/mol. The molecule has 4 rings (SSSR count). The van der Waals surface area contributed by atoms with Gasteiger partial charge < -0.3 is 9.47 Å². The quantitative estimate of drug-likeness (QED) is 0.503. The lowest BCUT2D eigenvalue weighted by molar-refractivity contribution is 0.317. The molecule has 0 unspecified atom stereocenters. The minimum absolute atomic E-state index is 0.181. The molecule has 2 heterocycles. The zero-order chi connectivity index (χ0) is 19.5. The molecule has 2 aromatic heterocycles. The van der Waals surface area contributed by atoms with Crippen molar-refractivity contribution in [2.24, 2.45) is 0 Å². The fourth-order valence-electron chi connectivity index (χ4n) is 2.81. The predicted octanol–water partition coefficient (Wildman–Crippen LogP) is 3.16. The fourth-order valence-corrected chi connectivity index (χ4v) is 3.72. The van der Waals surface area contributed by atoms with Gasteiger partial charge in [-0.2, -0.15) is 9.50 Å². The molecule has 4 aromatic rings. The van der Waals surface area contributed by atoms with Gasteiger partial charge in [-0.25, -0.2) is 0 Å². The first kappa shape index (κ1) is 18.2. The van der Waals surface area contributed by atoms with Crippen LogP contribution in [0.1, 0.15) is 18.9 Å². The molecule has 2 aromatic carbocycles. The van der Waals surface area contributed by atoms with Gasteiger partial charge >= 0.3 is 0 Å². The molecule has 0 amide bonds. The summed E-state index contributed by atoms with van der Waals surface area (Å²) in [7, 11) is 1.60. The van der Waals surface area contributed by atoms with Crippen LogP contribution in [-0.4, -0.2) is 28.3 Å². The molecular formula is C21H19N3O3S. The SMILES string of the molecule is CCCOc1ccc(/C=c2/sc3nc(-c4ccccc4OC)nn3c2=O)cc1. The van der Waals surface area contributed by atoms with E-state index in [1.807, 2.05) is 54.6 Å². The number of aromatic nitrogens is 3. The summed E-state index contributed by atoms with van der Waals surface area (Å²) >= 11 is 1.31. The summed E-state index contributed by atoms with van der Waals surface area (Å²) < 4.78 is 12.9. The maximum absolute atomic E-state index is 12.7. The van der Waals surface area contributed by atoms with Gasteiger partial charge in [0, 0.05) is 0 Å². The first-order valence-corrected chi connectivity index (χ1v) is 9.79. The van der Waals surface area contributed by atoms with Crippen LogP contribution < -0.4 is 19.6 Å². The number of rotatable bonds is 6. The molecule has 0 atom stereocenters. The first-order chi connectivity index (χ1) is 13.7. The van der Waals surface area contributed by atoms with Crippen molar-refractivity contribution < 1.29 is 9.47 Å². The van der Waals surface area contributed by atoms with Gasteiger partial charge in [-0.15, -0.1) is 5.10 Å². The highest BCUT2D eigenvalue weighted by Gasteiger charge is 2.14. The van der Waals surface area contributed by atoms with Gasteiger partial charge in [0.05, 0.1) is 23.8 Å². The first-order valence-electron chi connectivity index (χ1n) is 8.97. The van der Waals surface area contributed by atoms with Crippen LogP contribution in [0, 0.1) is 0 Å². The summed E-state index contributed by atoms with van der Waals surface area (Å²) in [5, 5.41) is 4.38. The van der Waals surface area contributed by atoms with Gasteiger partial charge in [-0.05, 0) is 42.3 Å². The van der Waals surface area contributed by atoms with Crippen LogP contribution in [0.25, 0.3) is 22.4 Å². The number of thiazole rings is 1. The summed E-state index contributed by atoms with van der Waals surface area (Å²) in [6.45, 7) is 2.76. The number of fused-ring (bicyclic) bond motifs is 1. The van der Waals surface area contributed by atoms with Gasteiger partial charge in [-0.3, -0.25) is 4.79 Å². The number of nitrogens with zero attached hydrogens (tertiary/aromatic N) is 3. The molecule has 0 aliphatic heterocycles. The molecule has 0 aliphatic carbocycles. The van der Waals surface area contributed by atoms with Gasteiger partial charge in [0.1, 0.15) is 11.5 Å². The Morgan fingerprint density at radius 1 is 1.14 bits per heavy atom. The summed E-state index contributed by atoms with van der Waals surface area (Å²) in [5.41, 5.74) is 1.50. The molecule has 0 saturated carbocycles. The summed E-state index contributed by atoms with van der Waals surface area (Å²) in [4.78, 5) is 17.8. The second-order valence-corrected chi connectivity index (χ2v) is 7.17. The predicted molar refractivity (Wildman–Crippen MR) is 110 cm³/mol. The van der Waals surface area contributed by atoms with E-state index in [4.69, 9.17) is 9.47 Å². The van der Waals surface area contributed by atoms with Gasteiger partial charge in [-0.1, -0.05) is 42.5 Å². The van der Waals surface area contributed by atoms with E-state index in [1.54, 1.807) is 7.11 Å². The van der Waals surface area contributed by atoms with Crippen molar-refractivity contribution in [1.29, 1.82) is 0 Å². The van der Waals surface area contributed by atoms with Crippen LogP contribution >= 0.6 is 11.3 Å². The molecule has 0 saturated heterocycles. The van der Waals surface area contributed by atoms with Crippen molar-refractivity contribution in [3.05, 3.63) is 69.0 Å². The number of hydrogen-bond acceptors (Lipinski definition) is 6. The highest BCUT2D eigenvalue weighted by atomic mass is 32.1. The van der Waals surface area contributed by atoms with E-state index in [-0.39, 0.29) is 5.56 Å². The molecule has 142 valence electrons. The number of benzene rings is 2. The maximum atomic E-state index is 12.7. The van der Waals surface area contributed by atoms with Crippen molar-refractivity contribution in [2.75, 3.05) is 13.7 Å². The summed E-state index contributed by atoms with van der Waals surface area (Å²) in [5.74, 6) is 1.97. The lowest BCUT2D eigenvalue weighted by Gasteiger charge is -2.03. The van der Waals surface area contributed by atoms with Crippen LogP contribution in [0.3, 0.4) is 0 Å². The van der Waals surface area contributed by atoms with Crippen LogP contribution in [0.2, 0.25) is 0 Å². The normalized spacial score (nSPS) is 11.9. The van der Waals surface area contributed by atoms with E-state index in [9.17, 15) is 4.79 Å². The van der Waals surface area contributed by atoms with Crippen molar-refractivity contribution >= 4 is 22.4 Å². The second kappa shape index (κ2) is 7.82.